The molecule has 0 spiro atoms. The average Bonchev–Trinajstić information content (AvgIpc) is 2.12. The van der Waals surface area contributed by atoms with E-state index in [9.17, 15) is 14.4 Å². The van der Waals surface area contributed by atoms with Crippen molar-refractivity contribution in [2.45, 2.75) is 52.7 Å². The fourth-order valence-corrected chi connectivity index (χ4v) is 1.42. The number of Topliss-reactive ketones (excluding diaryl/α,β-unsaturated/α-hetero) is 1. The van der Waals surface area contributed by atoms with E-state index in [-0.39, 0.29) is 30.7 Å². The molecule has 0 bridgehead atoms. The van der Waals surface area contributed by atoms with Crippen LogP contribution in [-0.2, 0) is 14.3 Å². The van der Waals surface area contributed by atoms with Crippen LogP contribution < -0.4 is 5.32 Å². The molecule has 0 aliphatic rings. The summed E-state index contributed by atoms with van der Waals surface area (Å²) in [5, 5.41) is 2.65. The van der Waals surface area contributed by atoms with Gasteiger partial charge in [0, 0.05) is 19.5 Å². The van der Waals surface area contributed by atoms with Crippen LogP contribution in [0.15, 0.2) is 0 Å². The van der Waals surface area contributed by atoms with Gasteiger partial charge >= 0.3 is 6.09 Å². The second-order valence-electron chi connectivity index (χ2n) is 5.71. The largest absolute Gasteiger partial charge is 0.444 e. The second-order valence-corrected chi connectivity index (χ2v) is 5.71. The molecule has 1 N–H and O–H groups in total. The van der Waals surface area contributed by atoms with Gasteiger partial charge in [-0.1, -0.05) is 0 Å². The molecule has 1 unspecified atom stereocenters. The number of likely N-dealkylation sites (N-methyl/N-ethyl adjacent to an activating group) is 1. The maximum atomic E-state index is 11.6. The summed E-state index contributed by atoms with van der Waals surface area (Å²) in [4.78, 5) is 35.4. The van der Waals surface area contributed by atoms with Gasteiger partial charge in [0.2, 0.25) is 5.91 Å². The van der Waals surface area contributed by atoms with E-state index in [4.69, 9.17) is 4.74 Å². The monoisotopic (exact) mass is 272 g/mol. The Labute approximate surface area is 114 Å². The van der Waals surface area contributed by atoms with Crippen molar-refractivity contribution in [1.29, 1.82) is 0 Å². The lowest BCUT2D eigenvalue weighted by atomic mass is 10.2. The zero-order chi connectivity index (χ0) is 15.2. The maximum Gasteiger partial charge on any atom is 0.410 e. The minimum absolute atomic E-state index is 0.00768. The molecule has 0 saturated heterocycles. The molecule has 110 valence electrons. The third kappa shape index (κ3) is 9.04. The molecule has 0 aliphatic heterocycles. The smallest absolute Gasteiger partial charge is 0.410 e. The Morgan fingerprint density at radius 1 is 1.26 bits per heavy atom. The Balaban J connectivity index is 4.18. The Hall–Kier alpha value is -1.59. The van der Waals surface area contributed by atoms with Gasteiger partial charge in [0.25, 0.3) is 0 Å². The number of ether oxygens (including phenoxy) is 1. The number of ketones is 1. The van der Waals surface area contributed by atoms with E-state index in [1.165, 1.54) is 18.9 Å². The molecule has 0 saturated carbocycles. The number of carbonyl (C=O) groups is 3. The van der Waals surface area contributed by atoms with Crippen molar-refractivity contribution in [2.24, 2.45) is 0 Å². The molecule has 0 aromatic heterocycles. The predicted octanol–water partition coefficient (Wildman–Crippen LogP) is 1.34. The summed E-state index contributed by atoms with van der Waals surface area (Å²) >= 11 is 0. The lowest BCUT2D eigenvalue weighted by Gasteiger charge is -2.24. The van der Waals surface area contributed by atoms with Gasteiger partial charge in [0.15, 0.2) is 0 Å². The van der Waals surface area contributed by atoms with Crippen molar-refractivity contribution < 1.29 is 19.1 Å². The number of nitrogens with zero attached hydrogens (tertiary/aromatic N) is 1. The number of hydrogen-bond acceptors (Lipinski definition) is 4. The molecule has 6 nitrogen and oxygen atoms in total. The van der Waals surface area contributed by atoms with Crippen molar-refractivity contribution >= 4 is 17.8 Å². The normalized spacial score (nSPS) is 12.5. The third-order valence-corrected chi connectivity index (χ3v) is 2.09. The SMILES string of the molecule is CC(=O)CC(C)NC(=O)CN(C)C(=O)OC(C)(C)C. The average molecular weight is 272 g/mol. The number of carbonyl (C=O) groups excluding carboxylic acids is 3. The van der Waals surface area contributed by atoms with Gasteiger partial charge in [0.05, 0.1) is 0 Å². The molecule has 0 radical (unpaired) electrons. The number of rotatable bonds is 5. The Kier molecular flexibility index (Phi) is 6.52. The minimum Gasteiger partial charge on any atom is -0.444 e. The summed E-state index contributed by atoms with van der Waals surface area (Å²) in [6, 6.07) is -0.239. The van der Waals surface area contributed by atoms with Crippen molar-refractivity contribution in [3.05, 3.63) is 0 Å². The lowest BCUT2D eigenvalue weighted by molar-refractivity contribution is -0.123. The summed E-state index contributed by atoms with van der Waals surface area (Å²) in [6.07, 6.45) is -0.274. The van der Waals surface area contributed by atoms with Crippen molar-refractivity contribution in [1.82, 2.24) is 10.2 Å². The third-order valence-electron chi connectivity index (χ3n) is 2.09. The van der Waals surface area contributed by atoms with Crippen molar-refractivity contribution in [3.8, 4) is 0 Å². The standard InChI is InChI=1S/C13H24N2O4/c1-9(7-10(2)16)14-11(17)8-15(6)12(18)19-13(3,4)5/h9H,7-8H2,1-6H3,(H,14,17). The van der Waals surface area contributed by atoms with Gasteiger partial charge < -0.3 is 15.0 Å². The fraction of sp³-hybridized carbons (Fsp3) is 0.769. The minimum atomic E-state index is -0.594. The zero-order valence-electron chi connectivity index (χ0n) is 12.6. The quantitative estimate of drug-likeness (QED) is 0.819. The molecular weight excluding hydrogens is 248 g/mol. The molecule has 2 amide bonds. The van der Waals surface area contributed by atoms with E-state index in [1.807, 2.05) is 0 Å². The van der Waals surface area contributed by atoms with Gasteiger partial charge in [-0.05, 0) is 34.6 Å². The molecule has 0 heterocycles. The lowest BCUT2D eigenvalue weighted by Crippen LogP contribution is -2.43. The molecule has 0 aromatic rings. The molecular formula is C13H24N2O4. The van der Waals surface area contributed by atoms with E-state index >= 15 is 0 Å². The summed E-state index contributed by atoms with van der Waals surface area (Å²) < 4.78 is 5.12. The Bertz CT molecular complexity index is 347. The van der Waals surface area contributed by atoms with Crippen molar-refractivity contribution in [3.63, 3.8) is 0 Å². The summed E-state index contributed by atoms with van der Waals surface area (Å²) in [5.74, 6) is -0.310. The van der Waals surface area contributed by atoms with Gasteiger partial charge in [-0.3, -0.25) is 9.59 Å². The van der Waals surface area contributed by atoms with Crippen molar-refractivity contribution in [2.75, 3.05) is 13.6 Å². The highest BCUT2D eigenvalue weighted by Crippen LogP contribution is 2.08. The van der Waals surface area contributed by atoms with Crippen LogP contribution in [0.25, 0.3) is 0 Å². The summed E-state index contributed by atoms with van der Waals surface area (Å²) in [7, 11) is 1.49. The van der Waals surface area contributed by atoms with Crippen LogP contribution in [0.3, 0.4) is 0 Å². The van der Waals surface area contributed by atoms with Crippen LogP contribution in [0.4, 0.5) is 4.79 Å². The Morgan fingerprint density at radius 2 is 1.79 bits per heavy atom. The highest BCUT2D eigenvalue weighted by atomic mass is 16.6. The first kappa shape index (κ1) is 17.4. The maximum absolute atomic E-state index is 11.6. The highest BCUT2D eigenvalue weighted by molar-refractivity contribution is 5.83. The number of amides is 2. The van der Waals surface area contributed by atoms with Crippen LogP contribution in [0.1, 0.15) is 41.0 Å². The van der Waals surface area contributed by atoms with E-state index in [2.05, 4.69) is 5.32 Å². The van der Waals surface area contributed by atoms with Gasteiger partial charge in [-0.25, -0.2) is 4.79 Å². The van der Waals surface area contributed by atoms with Crippen LogP contribution in [-0.4, -0.2) is 47.9 Å². The van der Waals surface area contributed by atoms with E-state index in [0.717, 1.165) is 0 Å². The van der Waals surface area contributed by atoms with E-state index < -0.39 is 11.7 Å². The van der Waals surface area contributed by atoms with Crippen LogP contribution >= 0.6 is 0 Å². The molecule has 6 heteroatoms. The predicted molar refractivity (Wildman–Crippen MR) is 71.8 cm³/mol. The zero-order valence-corrected chi connectivity index (χ0v) is 12.6. The van der Waals surface area contributed by atoms with Crippen LogP contribution in [0.5, 0.6) is 0 Å². The first-order valence-electron chi connectivity index (χ1n) is 6.24. The van der Waals surface area contributed by atoms with E-state index in [1.54, 1.807) is 27.7 Å². The molecule has 19 heavy (non-hydrogen) atoms. The highest BCUT2D eigenvalue weighted by Gasteiger charge is 2.21. The van der Waals surface area contributed by atoms with Crippen LogP contribution in [0, 0.1) is 0 Å². The molecule has 0 fully saturated rings. The fourth-order valence-electron chi connectivity index (χ4n) is 1.42. The van der Waals surface area contributed by atoms with Gasteiger partial charge in [0.1, 0.15) is 17.9 Å². The van der Waals surface area contributed by atoms with Gasteiger partial charge in [-0.2, -0.15) is 0 Å². The summed E-state index contributed by atoms with van der Waals surface area (Å²) in [5.41, 5.74) is -0.594. The molecule has 0 rings (SSSR count). The van der Waals surface area contributed by atoms with Crippen LogP contribution in [0.2, 0.25) is 0 Å². The molecule has 0 aliphatic carbocycles. The summed E-state index contributed by atoms with van der Waals surface area (Å²) in [6.45, 7) is 8.38. The van der Waals surface area contributed by atoms with E-state index in [0.29, 0.717) is 0 Å². The number of nitrogens with one attached hydrogen (secondary N) is 1. The first-order chi connectivity index (χ1) is 8.51. The molecule has 1 atom stereocenters. The number of hydrogen-bond donors (Lipinski definition) is 1. The van der Waals surface area contributed by atoms with Gasteiger partial charge in [-0.15, -0.1) is 0 Å². The topological polar surface area (TPSA) is 75.7 Å². The Morgan fingerprint density at radius 3 is 2.21 bits per heavy atom. The molecule has 0 aromatic carbocycles. The first-order valence-corrected chi connectivity index (χ1v) is 6.24. The second kappa shape index (κ2) is 7.11.